The van der Waals surface area contributed by atoms with E-state index in [-0.39, 0.29) is 10.8 Å². The zero-order valence-electron chi connectivity index (χ0n) is 12.8. The highest BCUT2D eigenvalue weighted by Crippen LogP contribution is 2.24. The predicted molar refractivity (Wildman–Crippen MR) is 81.8 cm³/mol. The summed E-state index contributed by atoms with van der Waals surface area (Å²) in [6.07, 6.45) is 2.87. The summed E-state index contributed by atoms with van der Waals surface area (Å²) in [5.41, 5.74) is 1.08. The smallest absolute Gasteiger partial charge is 0.253 e. The Morgan fingerprint density at radius 3 is 2.33 bits per heavy atom. The Labute approximate surface area is 126 Å². The van der Waals surface area contributed by atoms with Gasteiger partial charge in [0.1, 0.15) is 0 Å². The fourth-order valence-electron chi connectivity index (χ4n) is 2.51. The second-order valence-corrected chi connectivity index (χ2v) is 7.55. The number of sulfonamides is 1. The summed E-state index contributed by atoms with van der Waals surface area (Å²) in [5.74, 6) is -0.190. The fraction of sp³-hybridized carbons (Fsp3) is 0.533. The van der Waals surface area contributed by atoms with E-state index < -0.39 is 10.0 Å². The molecule has 0 spiro atoms. The summed E-state index contributed by atoms with van der Waals surface area (Å²) in [6.45, 7) is 2.89. The van der Waals surface area contributed by atoms with Gasteiger partial charge in [-0.25, -0.2) is 8.42 Å². The Morgan fingerprint density at radius 1 is 1.14 bits per heavy atom. The molecule has 6 heteroatoms. The molecular formula is C15H22N2O3S. The van der Waals surface area contributed by atoms with Crippen LogP contribution in [-0.4, -0.2) is 50.7 Å². The van der Waals surface area contributed by atoms with Crippen molar-refractivity contribution < 1.29 is 13.2 Å². The lowest BCUT2D eigenvalue weighted by Gasteiger charge is -2.26. The number of piperidine rings is 1. The highest BCUT2D eigenvalue weighted by atomic mass is 32.2. The number of hydrogen-bond acceptors (Lipinski definition) is 3. The molecule has 0 aromatic heterocycles. The molecule has 0 aliphatic carbocycles. The van der Waals surface area contributed by atoms with Gasteiger partial charge in [-0.1, -0.05) is 12.5 Å². The maximum absolute atomic E-state index is 12.8. The molecule has 0 bridgehead atoms. The standard InChI is InChI=1S/C15H22N2O3S/c1-12-7-8-13(15(18)16(2)3)11-14(12)21(19,20)17-9-5-4-6-10-17/h7-8,11H,4-6,9-10H2,1-3H3. The van der Waals surface area contributed by atoms with Crippen molar-refractivity contribution in [2.24, 2.45) is 0 Å². The molecule has 0 N–H and O–H groups in total. The van der Waals surface area contributed by atoms with E-state index >= 15 is 0 Å². The molecule has 1 fully saturated rings. The lowest BCUT2D eigenvalue weighted by atomic mass is 10.1. The average Bonchev–Trinajstić information content (AvgIpc) is 2.47. The van der Waals surface area contributed by atoms with Crippen LogP contribution in [0.5, 0.6) is 0 Å². The number of nitrogens with zero attached hydrogens (tertiary/aromatic N) is 2. The number of rotatable bonds is 3. The molecule has 1 aliphatic rings. The molecule has 1 aliphatic heterocycles. The Kier molecular flexibility index (Phi) is 4.68. The van der Waals surface area contributed by atoms with Gasteiger partial charge in [-0.15, -0.1) is 0 Å². The number of amides is 1. The van der Waals surface area contributed by atoms with Crippen LogP contribution < -0.4 is 0 Å². The second kappa shape index (κ2) is 6.15. The van der Waals surface area contributed by atoms with Gasteiger partial charge in [0.15, 0.2) is 0 Å². The molecule has 1 amide bonds. The van der Waals surface area contributed by atoms with Crippen LogP contribution in [0.1, 0.15) is 35.2 Å². The third kappa shape index (κ3) is 3.27. The number of carbonyl (C=O) groups excluding carboxylic acids is 1. The summed E-state index contributed by atoms with van der Waals surface area (Å²) in [6, 6.07) is 4.88. The summed E-state index contributed by atoms with van der Waals surface area (Å²) >= 11 is 0. The van der Waals surface area contributed by atoms with Gasteiger partial charge < -0.3 is 4.90 Å². The van der Waals surface area contributed by atoms with Crippen LogP contribution in [-0.2, 0) is 10.0 Å². The largest absolute Gasteiger partial charge is 0.345 e. The maximum Gasteiger partial charge on any atom is 0.253 e. The van der Waals surface area contributed by atoms with Crippen LogP contribution in [0, 0.1) is 6.92 Å². The number of benzene rings is 1. The van der Waals surface area contributed by atoms with Gasteiger partial charge in [0.2, 0.25) is 10.0 Å². The highest BCUT2D eigenvalue weighted by molar-refractivity contribution is 7.89. The molecule has 1 aromatic rings. The van der Waals surface area contributed by atoms with Crippen molar-refractivity contribution in [3.05, 3.63) is 29.3 Å². The monoisotopic (exact) mass is 310 g/mol. The van der Waals surface area contributed by atoms with E-state index in [0.29, 0.717) is 24.2 Å². The number of aryl methyl sites for hydroxylation is 1. The van der Waals surface area contributed by atoms with E-state index in [4.69, 9.17) is 0 Å². The molecule has 5 nitrogen and oxygen atoms in total. The summed E-state index contributed by atoms with van der Waals surface area (Å²) in [5, 5.41) is 0. The Bertz CT molecular complexity index is 632. The first-order valence-corrected chi connectivity index (χ1v) is 8.60. The van der Waals surface area contributed by atoms with Crippen LogP contribution in [0.25, 0.3) is 0 Å². The van der Waals surface area contributed by atoms with Gasteiger partial charge in [0.05, 0.1) is 4.90 Å². The van der Waals surface area contributed by atoms with Gasteiger partial charge >= 0.3 is 0 Å². The van der Waals surface area contributed by atoms with Crippen LogP contribution in [0.3, 0.4) is 0 Å². The third-order valence-corrected chi connectivity index (χ3v) is 5.81. The van der Waals surface area contributed by atoms with E-state index in [9.17, 15) is 13.2 Å². The van der Waals surface area contributed by atoms with Crippen molar-refractivity contribution in [2.75, 3.05) is 27.2 Å². The van der Waals surface area contributed by atoms with Gasteiger partial charge in [0, 0.05) is 32.7 Å². The van der Waals surface area contributed by atoms with E-state index in [2.05, 4.69) is 0 Å². The third-order valence-electron chi connectivity index (χ3n) is 3.77. The molecule has 0 saturated carbocycles. The van der Waals surface area contributed by atoms with Crippen molar-refractivity contribution in [3.63, 3.8) is 0 Å². The maximum atomic E-state index is 12.8. The van der Waals surface area contributed by atoms with Crippen molar-refractivity contribution in [2.45, 2.75) is 31.1 Å². The van der Waals surface area contributed by atoms with Crippen molar-refractivity contribution in [3.8, 4) is 0 Å². The van der Waals surface area contributed by atoms with E-state index in [1.165, 1.54) is 15.3 Å². The minimum absolute atomic E-state index is 0.190. The minimum atomic E-state index is -3.51. The second-order valence-electron chi connectivity index (χ2n) is 5.64. The molecule has 116 valence electrons. The normalized spacial score (nSPS) is 16.7. The zero-order valence-corrected chi connectivity index (χ0v) is 13.6. The van der Waals surface area contributed by atoms with Crippen LogP contribution in [0.2, 0.25) is 0 Å². The Morgan fingerprint density at radius 2 is 1.76 bits per heavy atom. The molecule has 21 heavy (non-hydrogen) atoms. The van der Waals surface area contributed by atoms with Crippen molar-refractivity contribution >= 4 is 15.9 Å². The summed E-state index contributed by atoms with van der Waals surface area (Å²) < 4.78 is 27.0. The first-order chi connectivity index (χ1) is 9.84. The molecule has 0 radical (unpaired) electrons. The minimum Gasteiger partial charge on any atom is -0.345 e. The lowest BCUT2D eigenvalue weighted by molar-refractivity contribution is 0.0827. The number of hydrogen-bond donors (Lipinski definition) is 0. The van der Waals surface area contributed by atoms with Gasteiger partial charge in [-0.2, -0.15) is 4.31 Å². The molecule has 1 saturated heterocycles. The molecule has 1 heterocycles. The quantitative estimate of drug-likeness (QED) is 0.856. The van der Waals surface area contributed by atoms with Crippen molar-refractivity contribution in [1.29, 1.82) is 0 Å². The average molecular weight is 310 g/mol. The molecular weight excluding hydrogens is 288 g/mol. The zero-order chi connectivity index (χ0) is 15.6. The van der Waals surface area contributed by atoms with E-state index in [1.807, 2.05) is 0 Å². The van der Waals surface area contributed by atoms with Crippen LogP contribution >= 0.6 is 0 Å². The molecule has 1 aromatic carbocycles. The lowest BCUT2D eigenvalue weighted by Crippen LogP contribution is -2.36. The molecule has 2 rings (SSSR count). The van der Waals surface area contributed by atoms with E-state index in [0.717, 1.165) is 19.3 Å². The first-order valence-electron chi connectivity index (χ1n) is 7.16. The van der Waals surface area contributed by atoms with Gasteiger partial charge in [0.25, 0.3) is 5.91 Å². The Balaban J connectivity index is 2.42. The van der Waals surface area contributed by atoms with Gasteiger partial charge in [-0.05, 0) is 37.5 Å². The predicted octanol–water partition coefficient (Wildman–Crippen LogP) is 1.87. The first kappa shape index (κ1) is 16.0. The topological polar surface area (TPSA) is 57.7 Å². The van der Waals surface area contributed by atoms with Crippen LogP contribution in [0.15, 0.2) is 23.1 Å². The SMILES string of the molecule is Cc1ccc(C(=O)N(C)C)cc1S(=O)(=O)N1CCCCC1. The number of carbonyl (C=O) groups is 1. The molecule has 0 atom stereocenters. The summed E-state index contributed by atoms with van der Waals surface area (Å²) in [7, 11) is -0.204. The van der Waals surface area contributed by atoms with E-state index in [1.54, 1.807) is 33.2 Å². The Hall–Kier alpha value is -1.40. The van der Waals surface area contributed by atoms with Crippen LogP contribution in [0.4, 0.5) is 0 Å². The summed E-state index contributed by atoms with van der Waals surface area (Å²) in [4.78, 5) is 13.7. The van der Waals surface area contributed by atoms with Crippen molar-refractivity contribution in [1.82, 2.24) is 9.21 Å². The van der Waals surface area contributed by atoms with Gasteiger partial charge in [-0.3, -0.25) is 4.79 Å². The molecule has 0 unspecified atom stereocenters. The fourth-order valence-corrected chi connectivity index (χ4v) is 4.28. The highest BCUT2D eigenvalue weighted by Gasteiger charge is 2.28.